The van der Waals surface area contributed by atoms with Crippen molar-refractivity contribution in [3.63, 3.8) is 0 Å². The second-order valence-electron chi connectivity index (χ2n) is 6.78. The first kappa shape index (κ1) is 19.8. The first-order valence-corrected chi connectivity index (χ1v) is 11.4. The Morgan fingerprint density at radius 1 is 1.28 bits per heavy atom. The van der Waals surface area contributed by atoms with E-state index in [-0.39, 0.29) is 40.2 Å². The fraction of sp³-hybridized carbons (Fsp3) is 0.200. The molecule has 5 rings (SSSR count). The van der Waals surface area contributed by atoms with Crippen LogP contribution in [0, 0.1) is 0 Å². The van der Waals surface area contributed by atoms with E-state index in [1.807, 2.05) is 6.92 Å². The lowest BCUT2D eigenvalue weighted by atomic mass is 10.2. The average molecular weight is 451 g/mol. The molecule has 0 saturated carbocycles. The van der Waals surface area contributed by atoms with Crippen molar-refractivity contribution in [1.29, 1.82) is 0 Å². The molecule has 0 saturated heterocycles. The number of hydrogen-bond acceptors (Lipinski definition) is 9. The minimum Gasteiger partial charge on any atom is -0.506 e. The molecule has 4 heterocycles. The van der Waals surface area contributed by atoms with Crippen molar-refractivity contribution in [3.8, 4) is 17.2 Å². The molecule has 1 unspecified atom stereocenters. The molecular weight excluding hydrogens is 434 g/mol. The Morgan fingerprint density at radius 3 is 2.91 bits per heavy atom. The van der Waals surface area contributed by atoms with Crippen molar-refractivity contribution in [2.24, 2.45) is 9.36 Å². The van der Waals surface area contributed by atoms with Gasteiger partial charge in [-0.15, -0.1) is 0 Å². The van der Waals surface area contributed by atoms with E-state index in [0.717, 1.165) is 0 Å². The second-order valence-corrected chi connectivity index (χ2v) is 8.77. The van der Waals surface area contributed by atoms with Gasteiger partial charge in [0.25, 0.3) is 0 Å². The summed E-state index contributed by atoms with van der Waals surface area (Å²) in [6.07, 6.45) is 3.01. The van der Waals surface area contributed by atoms with Gasteiger partial charge in [-0.05, 0) is 24.8 Å². The summed E-state index contributed by atoms with van der Waals surface area (Å²) >= 11 is 0. The fourth-order valence-electron chi connectivity index (χ4n) is 3.32. The van der Waals surface area contributed by atoms with Gasteiger partial charge in [0.05, 0.1) is 19.8 Å². The zero-order chi connectivity index (χ0) is 22.5. The standard InChI is InChI=1S/C20H17N7O4S/c1-4-31-14-10-5-7-11(21-14)19-24-18-20(23-17-16(22-18)25-32(3,29)26-17)27(19)15-12(28)8-6-9-13(15)30-2/h6,8-10,28H,4H2,1-3H3,(H,22,23,25,26,29). The van der Waals surface area contributed by atoms with Crippen molar-refractivity contribution >= 4 is 44.4 Å². The highest BCUT2D eigenvalue weighted by atomic mass is 32.2. The number of imidazole rings is 1. The van der Waals surface area contributed by atoms with Gasteiger partial charge in [0.15, 0.2) is 23.0 Å². The number of aromatic nitrogens is 4. The molecule has 12 heteroatoms. The Balaban J connectivity index is 1.86. The number of anilines is 1. The van der Waals surface area contributed by atoms with Crippen molar-refractivity contribution in [1.82, 2.24) is 19.5 Å². The number of fused-ring (bicyclic) bond motifs is 2. The molecule has 162 valence electrons. The number of methoxy groups -OCH3 is 1. The van der Waals surface area contributed by atoms with Crippen LogP contribution in [0.3, 0.4) is 0 Å². The summed E-state index contributed by atoms with van der Waals surface area (Å²) < 4.78 is 31.7. The van der Waals surface area contributed by atoms with E-state index in [2.05, 4.69) is 40.5 Å². The number of phenolic OH excluding ortho intramolecular Hbond substituents is 1. The highest BCUT2D eigenvalue weighted by Crippen LogP contribution is 2.38. The van der Waals surface area contributed by atoms with E-state index in [1.165, 1.54) is 19.4 Å². The first-order chi connectivity index (χ1) is 15.4. The number of ether oxygens (including phenoxy) is 2. The zero-order valence-corrected chi connectivity index (χ0v) is 18.1. The summed E-state index contributed by atoms with van der Waals surface area (Å²) in [4.78, 5) is 18.0. The van der Waals surface area contributed by atoms with Crippen LogP contribution in [-0.2, 0) is 14.7 Å². The molecule has 2 aliphatic heterocycles. The number of para-hydroxylation sites is 1. The summed E-state index contributed by atoms with van der Waals surface area (Å²) in [5.74, 6) is 1.35. The number of phenols is 1. The molecular formula is C20H17N7O4S. The number of nitrogens with zero attached hydrogens (tertiary/aromatic N) is 6. The van der Waals surface area contributed by atoms with Crippen LogP contribution in [0.15, 0.2) is 45.1 Å². The third kappa shape index (κ3) is 3.19. The summed E-state index contributed by atoms with van der Waals surface area (Å²) in [5.41, 5.74) is 6.85. The van der Waals surface area contributed by atoms with E-state index in [1.54, 1.807) is 22.8 Å². The molecule has 2 aliphatic rings. The molecule has 2 aromatic heterocycles. The summed E-state index contributed by atoms with van der Waals surface area (Å²) in [7, 11) is -1.20. The van der Waals surface area contributed by atoms with Crippen LogP contribution in [0.2, 0.25) is 0 Å². The molecule has 0 amide bonds. The van der Waals surface area contributed by atoms with Gasteiger partial charge in [0.1, 0.15) is 27.1 Å². The van der Waals surface area contributed by atoms with E-state index < -0.39 is 9.92 Å². The minimum absolute atomic E-state index is 0.0773. The molecule has 1 atom stereocenters. The maximum absolute atomic E-state index is 12.4. The third-order valence-electron chi connectivity index (χ3n) is 4.56. The van der Waals surface area contributed by atoms with Crippen LogP contribution < -0.4 is 9.46 Å². The van der Waals surface area contributed by atoms with Gasteiger partial charge < -0.3 is 14.6 Å². The highest BCUT2D eigenvalue weighted by Gasteiger charge is 2.27. The molecule has 3 aromatic rings. The van der Waals surface area contributed by atoms with Gasteiger partial charge in [0, 0.05) is 6.26 Å². The van der Waals surface area contributed by atoms with Gasteiger partial charge in [-0.25, -0.2) is 24.2 Å². The minimum atomic E-state index is -2.68. The van der Waals surface area contributed by atoms with Crippen LogP contribution >= 0.6 is 0 Å². The predicted molar refractivity (Wildman–Crippen MR) is 119 cm³/mol. The maximum atomic E-state index is 12.4. The van der Waals surface area contributed by atoms with Crippen molar-refractivity contribution in [2.45, 2.75) is 6.92 Å². The lowest BCUT2D eigenvalue weighted by molar-refractivity contribution is 0.330. The largest absolute Gasteiger partial charge is 0.506 e. The Labute approximate surface area is 182 Å². The number of benzene rings is 1. The number of nitrogens with one attached hydrogen (secondary N) is 1. The van der Waals surface area contributed by atoms with E-state index in [9.17, 15) is 9.32 Å². The van der Waals surface area contributed by atoms with Crippen LogP contribution in [0.25, 0.3) is 22.7 Å². The molecule has 0 spiro atoms. The monoisotopic (exact) mass is 451 g/mol. The Hall–Kier alpha value is -4.11. The van der Waals surface area contributed by atoms with Crippen LogP contribution in [0.4, 0.5) is 11.6 Å². The van der Waals surface area contributed by atoms with Crippen LogP contribution in [0.5, 0.6) is 11.5 Å². The lowest BCUT2D eigenvalue weighted by Crippen LogP contribution is -2.07. The molecule has 0 radical (unpaired) electrons. The van der Waals surface area contributed by atoms with E-state index in [0.29, 0.717) is 24.0 Å². The smallest absolute Gasteiger partial charge is 0.223 e. The Bertz CT molecular complexity index is 1550. The average Bonchev–Trinajstić information content (AvgIpc) is 3.26. The highest BCUT2D eigenvalue weighted by molar-refractivity contribution is 7.94. The van der Waals surface area contributed by atoms with E-state index >= 15 is 0 Å². The number of aliphatic imine (C=N–C) groups is 1. The summed E-state index contributed by atoms with van der Waals surface area (Å²) in [5, 5.41) is 10.7. The summed E-state index contributed by atoms with van der Waals surface area (Å²) in [6, 6.07) is 4.86. The van der Waals surface area contributed by atoms with Gasteiger partial charge in [-0.1, -0.05) is 11.8 Å². The lowest BCUT2D eigenvalue weighted by Gasteiger charge is -2.14. The molecule has 32 heavy (non-hydrogen) atoms. The van der Waals surface area contributed by atoms with Gasteiger partial charge >= 0.3 is 0 Å². The van der Waals surface area contributed by atoms with Crippen molar-refractivity contribution in [2.75, 3.05) is 24.7 Å². The third-order valence-corrected chi connectivity index (χ3v) is 5.65. The van der Waals surface area contributed by atoms with E-state index in [4.69, 9.17) is 9.47 Å². The summed E-state index contributed by atoms with van der Waals surface area (Å²) in [6.45, 7) is 2.27. The maximum Gasteiger partial charge on any atom is 0.223 e. The van der Waals surface area contributed by atoms with Gasteiger partial charge in [0.2, 0.25) is 17.4 Å². The topological polar surface area (TPSA) is 136 Å². The zero-order valence-electron chi connectivity index (χ0n) is 17.3. The first-order valence-electron chi connectivity index (χ1n) is 9.50. The normalized spacial score (nSPS) is 18.6. The Morgan fingerprint density at radius 2 is 2.12 bits per heavy atom. The van der Waals surface area contributed by atoms with Crippen LogP contribution in [-0.4, -0.2) is 54.7 Å². The predicted octanol–water partition coefficient (Wildman–Crippen LogP) is 2.70. The number of hydrogen-bond donors (Lipinski definition) is 2. The quantitative estimate of drug-likeness (QED) is 0.582. The molecule has 11 nitrogen and oxygen atoms in total. The van der Waals surface area contributed by atoms with Crippen molar-refractivity contribution in [3.05, 3.63) is 41.6 Å². The van der Waals surface area contributed by atoms with Gasteiger partial charge in [-0.3, -0.25) is 9.29 Å². The van der Waals surface area contributed by atoms with Crippen LogP contribution in [0.1, 0.15) is 12.7 Å². The molecule has 0 bridgehead atoms. The van der Waals surface area contributed by atoms with Gasteiger partial charge in [-0.2, -0.15) is 4.36 Å². The molecule has 1 aromatic carbocycles. The fourth-order valence-corrected chi connectivity index (χ4v) is 4.32. The SMILES string of the molecule is CCOC1=NC(c2nc3nc4c(nc3n2-c2c(O)cccc2OC)N=S(C)(=O)N4)=C=C=C1. The number of aromatic hydroxyl groups is 1. The number of rotatable bonds is 4. The Kier molecular flexibility index (Phi) is 4.49. The molecule has 0 aliphatic carbocycles. The molecule has 2 N–H and O–H groups in total. The van der Waals surface area contributed by atoms with Crippen molar-refractivity contribution < 1.29 is 18.8 Å². The second kappa shape index (κ2) is 7.24. The molecule has 0 fully saturated rings.